The van der Waals surface area contributed by atoms with E-state index < -0.39 is 0 Å². The number of hydrazone groups is 1. The fourth-order valence-electron chi connectivity index (χ4n) is 2.10. The molecule has 2 rings (SSSR count). The normalized spacial score (nSPS) is 10.9. The maximum Gasteiger partial charge on any atom is 0.271 e. The van der Waals surface area contributed by atoms with Crippen molar-refractivity contribution >= 4 is 11.6 Å². The first-order chi connectivity index (χ1) is 11.6. The van der Waals surface area contributed by atoms with Crippen LogP contribution in [0.1, 0.15) is 22.8 Å². The minimum atomic E-state index is -0.301. The van der Waals surface area contributed by atoms with Gasteiger partial charge < -0.3 is 14.2 Å². The molecule has 6 heteroatoms. The Morgan fingerprint density at radius 1 is 0.917 bits per heavy atom. The van der Waals surface area contributed by atoms with Crippen LogP contribution in [0.4, 0.5) is 0 Å². The Hall–Kier alpha value is -3.02. The quantitative estimate of drug-likeness (QED) is 0.654. The Bertz CT molecular complexity index is 739. The van der Waals surface area contributed by atoms with Crippen molar-refractivity contribution in [1.29, 1.82) is 0 Å². The summed E-state index contributed by atoms with van der Waals surface area (Å²) in [4.78, 5) is 12.1. The molecule has 0 aliphatic rings. The zero-order chi connectivity index (χ0) is 17.5. The van der Waals surface area contributed by atoms with E-state index in [0.717, 1.165) is 5.56 Å². The van der Waals surface area contributed by atoms with Gasteiger partial charge in [-0.15, -0.1) is 0 Å². The van der Waals surface area contributed by atoms with Crippen molar-refractivity contribution in [2.45, 2.75) is 6.92 Å². The zero-order valence-electron chi connectivity index (χ0n) is 14.1. The number of rotatable bonds is 6. The molecule has 126 valence electrons. The average molecular weight is 328 g/mol. The van der Waals surface area contributed by atoms with E-state index in [1.165, 1.54) is 0 Å². The highest BCUT2D eigenvalue weighted by Crippen LogP contribution is 2.25. The molecular formula is C18H20N2O4. The molecule has 0 unspecified atom stereocenters. The van der Waals surface area contributed by atoms with Gasteiger partial charge in [-0.2, -0.15) is 5.10 Å². The van der Waals surface area contributed by atoms with E-state index in [4.69, 9.17) is 14.2 Å². The van der Waals surface area contributed by atoms with Crippen LogP contribution >= 0.6 is 0 Å². The van der Waals surface area contributed by atoms with Crippen molar-refractivity contribution in [3.63, 3.8) is 0 Å². The Labute approximate surface area is 141 Å². The molecule has 2 aromatic carbocycles. The summed E-state index contributed by atoms with van der Waals surface area (Å²) < 4.78 is 15.6. The first-order valence-corrected chi connectivity index (χ1v) is 7.30. The van der Waals surface area contributed by atoms with Crippen LogP contribution in [0.2, 0.25) is 0 Å². The van der Waals surface area contributed by atoms with Crippen LogP contribution in [-0.4, -0.2) is 32.9 Å². The number of amides is 1. The summed E-state index contributed by atoms with van der Waals surface area (Å²) in [5.74, 6) is 1.69. The van der Waals surface area contributed by atoms with Crippen LogP contribution in [0.3, 0.4) is 0 Å². The Kier molecular flexibility index (Phi) is 5.78. The zero-order valence-corrected chi connectivity index (χ0v) is 14.1. The summed E-state index contributed by atoms with van der Waals surface area (Å²) in [6.07, 6.45) is 0. The molecule has 1 amide bonds. The Morgan fingerprint density at radius 3 is 2.12 bits per heavy atom. The molecule has 0 atom stereocenters. The van der Waals surface area contributed by atoms with Gasteiger partial charge in [0, 0.05) is 17.2 Å². The number of hydrogen-bond acceptors (Lipinski definition) is 5. The van der Waals surface area contributed by atoms with E-state index >= 15 is 0 Å². The highest BCUT2D eigenvalue weighted by atomic mass is 16.5. The number of ether oxygens (including phenoxy) is 3. The van der Waals surface area contributed by atoms with E-state index in [9.17, 15) is 4.79 Å². The summed E-state index contributed by atoms with van der Waals surface area (Å²) in [6, 6.07) is 12.2. The van der Waals surface area contributed by atoms with Gasteiger partial charge in [-0.1, -0.05) is 0 Å². The monoisotopic (exact) mass is 328 g/mol. The van der Waals surface area contributed by atoms with Crippen molar-refractivity contribution < 1.29 is 19.0 Å². The molecule has 0 bridgehead atoms. The second kappa shape index (κ2) is 8.01. The summed E-state index contributed by atoms with van der Waals surface area (Å²) in [7, 11) is 4.73. The first-order valence-electron chi connectivity index (χ1n) is 7.30. The molecule has 0 spiro atoms. The molecule has 0 heterocycles. The molecule has 0 aliphatic carbocycles. The van der Waals surface area contributed by atoms with Crippen molar-refractivity contribution in [3.05, 3.63) is 53.6 Å². The molecular weight excluding hydrogens is 308 g/mol. The lowest BCUT2D eigenvalue weighted by molar-refractivity contribution is 0.0955. The fraction of sp³-hybridized carbons (Fsp3) is 0.222. The Morgan fingerprint density at radius 2 is 1.54 bits per heavy atom. The highest BCUT2D eigenvalue weighted by molar-refractivity contribution is 6.02. The molecule has 0 saturated heterocycles. The molecule has 6 nitrogen and oxygen atoms in total. The number of nitrogens with one attached hydrogen (secondary N) is 1. The second-order valence-corrected chi connectivity index (χ2v) is 4.93. The van der Waals surface area contributed by atoms with Gasteiger partial charge in [0.15, 0.2) is 0 Å². The van der Waals surface area contributed by atoms with Gasteiger partial charge in [0.05, 0.1) is 27.0 Å². The minimum Gasteiger partial charge on any atom is -0.497 e. The van der Waals surface area contributed by atoms with Crippen molar-refractivity contribution in [1.82, 2.24) is 5.43 Å². The summed E-state index contributed by atoms with van der Waals surface area (Å²) >= 11 is 0. The van der Waals surface area contributed by atoms with Crippen LogP contribution < -0.4 is 19.6 Å². The van der Waals surface area contributed by atoms with E-state index in [1.54, 1.807) is 58.6 Å². The lowest BCUT2D eigenvalue weighted by Crippen LogP contribution is -2.19. The number of carbonyl (C=O) groups is 1. The van der Waals surface area contributed by atoms with Crippen LogP contribution in [0, 0.1) is 0 Å². The lowest BCUT2D eigenvalue weighted by Gasteiger charge is -2.10. The molecule has 0 aromatic heterocycles. The smallest absolute Gasteiger partial charge is 0.271 e. The molecule has 24 heavy (non-hydrogen) atoms. The number of carbonyl (C=O) groups excluding carboxylic acids is 1. The first kappa shape index (κ1) is 17.3. The summed E-state index contributed by atoms with van der Waals surface area (Å²) in [6.45, 7) is 1.79. The van der Waals surface area contributed by atoms with E-state index in [-0.39, 0.29) is 5.91 Å². The predicted octanol–water partition coefficient (Wildman–Crippen LogP) is 2.87. The molecule has 0 radical (unpaired) electrons. The second-order valence-electron chi connectivity index (χ2n) is 4.93. The molecule has 0 saturated carbocycles. The predicted molar refractivity (Wildman–Crippen MR) is 92.2 cm³/mol. The lowest BCUT2D eigenvalue weighted by atomic mass is 10.1. The third-order valence-electron chi connectivity index (χ3n) is 3.48. The van der Waals surface area contributed by atoms with Crippen molar-refractivity contribution in [2.75, 3.05) is 21.3 Å². The SMILES string of the molecule is COc1ccc(C(=O)N/N=C(/C)c2ccc(OC)cc2OC)cc1. The van der Waals surface area contributed by atoms with Gasteiger partial charge in [0.2, 0.25) is 0 Å². The van der Waals surface area contributed by atoms with Gasteiger partial charge in [0.25, 0.3) is 5.91 Å². The maximum atomic E-state index is 12.1. The number of hydrogen-bond donors (Lipinski definition) is 1. The van der Waals surface area contributed by atoms with Crippen molar-refractivity contribution in [2.24, 2.45) is 5.10 Å². The number of nitrogens with zero attached hydrogens (tertiary/aromatic N) is 1. The minimum absolute atomic E-state index is 0.301. The van der Waals surface area contributed by atoms with Gasteiger partial charge in [0.1, 0.15) is 17.2 Å². The van der Waals surface area contributed by atoms with E-state index in [0.29, 0.717) is 28.5 Å². The van der Waals surface area contributed by atoms with Crippen LogP contribution in [0.25, 0.3) is 0 Å². The van der Waals surface area contributed by atoms with Gasteiger partial charge >= 0.3 is 0 Å². The van der Waals surface area contributed by atoms with Crippen LogP contribution in [-0.2, 0) is 0 Å². The Balaban J connectivity index is 2.14. The average Bonchev–Trinajstić information content (AvgIpc) is 2.65. The van der Waals surface area contributed by atoms with Crippen molar-refractivity contribution in [3.8, 4) is 17.2 Å². The van der Waals surface area contributed by atoms with Gasteiger partial charge in [-0.3, -0.25) is 4.79 Å². The fourth-order valence-corrected chi connectivity index (χ4v) is 2.10. The highest BCUT2D eigenvalue weighted by Gasteiger charge is 2.09. The third kappa shape index (κ3) is 4.04. The third-order valence-corrected chi connectivity index (χ3v) is 3.48. The van der Waals surface area contributed by atoms with Gasteiger partial charge in [-0.25, -0.2) is 5.43 Å². The van der Waals surface area contributed by atoms with Crippen LogP contribution in [0.5, 0.6) is 17.2 Å². The largest absolute Gasteiger partial charge is 0.497 e. The summed E-state index contributed by atoms with van der Waals surface area (Å²) in [5, 5.41) is 4.14. The van der Waals surface area contributed by atoms with Crippen LogP contribution in [0.15, 0.2) is 47.6 Å². The number of benzene rings is 2. The topological polar surface area (TPSA) is 69.2 Å². The molecule has 0 aliphatic heterocycles. The molecule has 0 fully saturated rings. The standard InChI is InChI=1S/C18H20N2O4/c1-12(16-10-9-15(23-3)11-17(16)24-4)19-20-18(21)13-5-7-14(22-2)8-6-13/h5-11H,1-4H3,(H,20,21)/b19-12-. The molecule has 2 aromatic rings. The maximum absolute atomic E-state index is 12.1. The van der Waals surface area contributed by atoms with E-state index in [2.05, 4.69) is 10.5 Å². The van der Waals surface area contributed by atoms with E-state index in [1.807, 2.05) is 12.1 Å². The molecule has 1 N–H and O–H groups in total. The van der Waals surface area contributed by atoms with Gasteiger partial charge in [-0.05, 0) is 43.3 Å². The summed E-state index contributed by atoms with van der Waals surface area (Å²) in [5.41, 5.74) is 4.42. The number of methoxy groups -OCH3 is 3.